The van der Waals surface area contributed by atoms with Gasteiger partial charge in [-0.3, -0.25) is 4.79 Å². The van der Waals surface area contributed by atoms with E-state index in [-0.39, 0.29) is 11.7 Å². The summed E-state index contributed by atoms with van der Waals surface area (Å²) >= 11 is 3.36. The zero-order valence-corrected chi connectivity index (χ0v) is 12.7. The number of rotatable bonds is 9. The van der Waals surface area contributed by atoms with Crippen LogP contribution in [-0.2, 0) is 0 Å². The smallest absolute Gasteiger partial charge is 0.387 e. The summed E-state index contributed by atoms with van der Waals surface area (Å²) in [7, 11) is 0. The van der Waals surface area contributed by atoms with Crippen LogP contribution in [0.5, 0.6) is 5.75 Å². The summed E-state index contributed by atoms with van der Waals surface area (Å²) in [6.07, 6.45) is 4.21. The number of benzene rings is 1. The van der Waals surface area contributed by atoms with Gasteiger partial charge >= 0.3 is 6.61 Å². The van der Waals surface area contributed by atoms with Crippen LogP contribution < -0.4 is 10.1 Å². The molecule has 1 rings (SSSR count). The summed E-state index contributed by atoms with van der Waals surface area (Å²) in [4.78, 5) is 11.8. The minimum atomic E-state index is -2.89. The Labute approximate surface area is 125 Å². The number of amides is 1. The molecular weight excluding hydrogens is 332 g/mol. The standard InChI is InChI=1S/C14H18BrF2NO2/c15-8-3-1-2-4-9-18-13(19)11-6-5-7-12(10-11)20-14(16)17/h5-7,10,14H,1-4,8-9H2,(H,18,19). The summed E-state index contributed by atoms with van der Waals surface area (Å²) in [5.74, 6) is -0.282. The highest BCUT2D eigenvalue weighted by atomic mass is 79.9. The van der Waals surface area contributed by atoms with Gasteiger partial charge in [0.1, 0.15) is 5.75 Å². The predicted octanol–water partition coefficient (Wildman–Crippen LogP) is 3.97. The lowest BCUT2D eigenvalue weighted by molar-refractivity contribution is -0.0498. The number of carbonyl (C=O) groups is 1. The van der Waals surface area contributed by atoms with Crippen LogP contribution in [0.1, 0.15) is 36.0 Å². The monoisotopic (exact) mass is 349 g/mol. The highest BCUT2D eigenvalue weighted by Gasteiger charge is 2.08. The molecule has 0 bridgehead atoms. The van der Waals surface area contributed by atoms with Crippen LogP contribution in [0.2, 0.25) is 0 Å². The van der Waals surface area contributed by atoms with E-state index in [1.54, 1.807) is 6.07 Å². The third-order valence-corrected chi connectivity index (χ3v) is 3.23. The van der Waals surface area contributed by atoms with Crippen LogP contribution >= 0.6 is 15.9 Å². The maximum atomic E-state index is 12.1. The molecule has 0 unspecified atom stereocenters. The Morgan fingerprint density at radius 2 is 2.00 bits per heavy atom. The van der Waals surface area contributed by atoms with Crippen molar-refractivity contribution in [2.24, 2.45) is 0 Å². The fourth-order valence-electron chi connectivity index (χ4n) is 1.69. The maximum Gasteiger partial charge on any atom is 0.387 e. The van der Waals surface area contributed by atoms with Crippen molar-refractivity contribution in [3.63, 3.8) is 0 Å². The van der Waals surface area contributed by atoms with Crippen molar-refractivity contribution in [2.75, 3.05) is 11.9 Å². The molecule has 0 radical (unpaired) electrons. The second-order valence-electron chi connectivity index (χ2n) is 4.27. The van der Waals surface area contributed by atoms with Crippen LogP contribution in [-0.4, -0.2) is 24.4 Å². The molecule has 20 heavy (non-hydrogen) atoms. The molecule has 6 heteroatoms. The topological polar surface area (TPSA) is 38.3 Å². The van der Waals surface area contributed by atoms with Gasteiger partial charge in [-0.25, -0.2) is 0 Å². The van der Waals surface area contributed by atoms with Crippen LogP contribution in [0.3, 0.4) is 0 Å². The molecule has 112 valence electrons. The largest absolute Gasteiger partial charge is 0.435 e. The van der Waals surface area contributed by atoms with Crippen molar-refractivity contribution < 1.29 is 18.3 Å². The second-order valence-corrected chi connectivity index (χ2v) is 5.06. The fraction of sp³-hybridized carbons (Fsp3) is 0.500. The number of hydrogen-bond acceptors (Lipinski definition) is 2. The molecule has 1 aromatic carbocycles. The van der Waals surface area contributed by atoms with Crippen molar-refractivity contribution in [1.82, 2.24) is 5.32 Å². The SMILES string of the molecule is O=C(NCCCCCCBr)c1cccc(OC(F)F)c1. The van der Waals surface area contributed by atoms with Gasteiger partial charge in [-0.15, -0.1) is 0 Å². The molecule has 1 N–H and O–H groups in total. The molecule has 0 aliphatic rings. The van der Waals surface area contributed by atoms with E-state index in [9.17, 15) is 13.6 Å². The Kier molecular flexibility index (Phi) is 8.18. The molecule has 0 aliphatic carbocycles. The highest BCUT2D eigenvalue weighted by molar-refractivity contribution is 9.09. The number of nitrogens with one attached hydrogen (secondary N) is 1. The normalized spacial score (nSPS) is 10.6. The van der Waals surface area contributed by atoms with Gasteiger partial charge in [0.2, 0.25) is 0 Å². The van der Waals surface area contributed by atoms with Crippen molar-refractivity contribution in [3.8, 4) is 5.75 Å². The van der Waals surface area contributed by atoms with Crippen LogP contribution in [0.15, 0.2) is 24.3 Å². The number of halogens is 3. The zero-order valence-electron chi connectivity index (χ0n) is 11.1. The third kappa shape index (κ3) is 6.84. The maximum absolute atomic E-state index is 12.1. The molecule has 0 spiro atoms. The molecule has 0 atom stereocenters. The summed E-state index contributed by atoms with van der Waals surface area (Å²) in [6.45, 7) is -2.30. The van der Waals surface area contributed by atoms with Gasteiger partial charge in [-0.1, -0.05) is 34.8 Å². The molecular formula is C14H18BrF2NO2. The van der Waals surface area contributed by atoms with Crippen molar-refractivity contribution in [3.05, 3.63) is 29.8 Å². The lowest BCUT2D eigenvalue weighted by atomic mass is 10.2. The Balaban J connectivity index is 2.35. The molecule has 0 fully saturated rings. The first-order valence-electron chi connectivity index (χ1n) is 6.52. The van der Waals surface area contributed by atoms with E-state index in [1.807, 2.05) is 0 Å². The zero-order chi connectivity index (χ0) is 14.8. The number of carbonyl (C=O) groups excluding carboxylic acids is 1. The van der Waals surface area contributed by atoms with E-state index < -0.39 is 6.61 Å². The molecule has 0 saturated heterocycles. The average Bonchev–Trinajstić information content (AvgIpc) is 2.42. The minimum Gasteiger partial charge on any atom is -0.435 e. The van der Waals surface area contributed by atoms with E-state index in [0.717, 1.165) is 31.0 Å². The lowest BCUT2D eigenvalue weighted by Crippen LogP contribution is -2.24. The third-order valence-electron chi connectivity index (χ3n) is 2.67. The summed E-state index contributed by atoms with van der Waals surface area (Å²) < 4.78 is 28.4. The van der Waals surface area contributed by atoms with E-state index in [1.165, 1.54) is 18.2 Å². The number of ether oxygens (including phenoxy) is 1. The average molecular weight is 350 g/mol. The summed E-state index contributed by atoms with van der Waals surface area (Å²) in [5, 5.41) is 3.76. The van der Waals surface area contributed by atoms with Crippen LogP contribution in [0.4, 0.5) is 8.78 Å². The Morgan fingerprint density at radius 1 is 1.25 bits per heavy atom. The number of alkyl halides is 3. The van der Waals surface area contributed by atoms with Gasteiger partial charge in [-0.2, -0.15) is 8.78 Å². The first kappa shape index (κ1) is 16.9. The predicted molar refractivity (Wildman–Crippen MR) is 77.7 cm³/mol. The van der Waals surface area contributed by atoms with Gasteiger partial charge in [0, 0.05) is 17.4 Å². The van der Waals surface area contributed by atoms with Crippen LogP contribution in [0.25, 0.3) is 0 Å². The van der Waals surface area contributed by atoms with E-state index >= 15 is 0 Å². The molecule has 0 aliphatic heterocycles. The van der Waals surface area contributed by atoms with Gasteiger partial charge in [-0.05, 0) is 31.0 Å². The van der Waals surface area contributed by atoms with Crippen molar-refractivity contribution in [2.45, 2.75) is 32.3 Å². The Morgan fingerprint density at radius 3 is 2.70 bits per heavy atom. The van der Waals surface area contributed by atoms with E-state index in [4.69, 9.17) is 0 Å². The Hall–Kier alpha value is -1.17. The van der Waals surface area contributed by atoms with Crippen molar-refractivity contribution in [1.29, 1.82) is 0 Å². The van der Waals surface area contributed by atoms with E-state index in [0.29, 0.717) is 12.1 Å². The van der Waals surface area contributed by atoms with Crippen LogP contribution in [0, 0.1) is 0 Å². The first-order valence-corrected chi connectivity index (χ1v) is 7.64. The molecule has 0 aromatic heterocycles. The number of unbranched alkanes of at least 4 members (excludes halogenated alkanes) is 3. The number of hydrogen-bond donors (Lipinski definition) is 1. The van der Waals surface area contributed by atoms with Gasteiger partial charge in [0.15, 0.2) is 0 Å². The molecule has 0 heterocycles. The Bertz CT molecular complexity index is 416. The quantitative estimate of drug-likeness (QED) is 0.541. The minimum absolute atomic E-state index is 0.00929. The van der Waals surface area contributed by atoms with Gasteiger partial charge < -0.3 is 10.1 Å². The first-order chi connectivity index (χ1) is 9.63. The highest BCUT2D eigenvalue weighted by Crippen LogP contribution is 2.15. The summed E-state index contributed by atoms with van der Waals surface area (Å²) in [6, 6.07) is 5.79. The van der Waals surface area contributed by atoms with Crippen molar-refractivity contribution >= 4 is 21.8 Å². The lowest BCUT2D eigenvalue weighted by Gasteiger charge is -2.08. The van der Waals surface area contributed by atoms with Gasteiger partial charge in [0.05, 0.1) is 0 Å². The molecule has 0 saturated carbocycles. The van der Waals surface area contributed by atoms with E-state index in [2.05, 4.69) is 26.0 Å². The summed E-state index contributed by atoms with van der Waals surface area (Å²) in [5.41, 5.74) is 0.323. The molecule has 3 nitrogen and oxygen atoms in total. The molecule has 1 amide bonds. The molecule has 1 aromatic rings. The van der Waals surface area contributed by atoms with Gasteiger partial charge in [0.25, 0.3) is 5.91 Å². The fourth-order valence-corrected chi connectivity index (χ4v) is 2.09. The second kappa shape index (κ2) is 9.69.